The number of nitrogens with one attached hydrogen (secondary N) is 2. The van der Waals surface area contributed by atoms with Crippen LogP contribution in [-0.2, 0) is 30.3 Å². The summed E-state index contributed by atoms with van der Waals surface area (Å²) >= 11 is 0. The first-order valence-corrected chi connectivity index (χ1v) is 12.9. The Kier molecular flexibility index (Phi) is 10.4. The van der Waals surface area contributed by atoms with Crippen LogP contribution in [0.3, 0.4) is 0 Å². The Morgan fingerprint density at radius 2 is 1.59 bits per heavy atom. The Labute approximate surface area is 237 Å². The van der Waals surface area contributed by atoms with E-state index in [4.69, 9.17) is 14.2 Å². The molecule has 1 heterocycles. The third-order valence-electron chi connectivity index (χ3n) is 6.54. The van der Waals surface area contributed by atoms with Crippen molar-refractivity contribution in [3.05, 3.63) is 86.2 Å². The number of amides is 1. The van der Waals surface area contributed by atoms with Crippen LogP contribution in [0.25, 0.3) is 0 Å². The number of benzene rings is 2. The second-order valence-electron chi connectivity index (χ2n) is 9.35. The van der Waals surface area contributed by atoms with Crippen molar-refractivity contribution in [3.63, 3.8) is 0 Å². The molecule has 0 saturated carbocycles. The first-order valence-electron chi connectivity index (χ1n) is 12.9. The molecule has 2 aromatic carbocycles. The van der Waals surface area contributed by atoms with Gasteiger partial charge in [0, 0.05) is 35.6 Å². The third-order valence-corrected chi connectivity index (χ3v) is 6.54. The molecule has 0 bridgehead atoms. The van der Waals surface area contributed by atoms with E-state index in [1.807, 2.05) is 0 Å². The minimum Gasteiger partial charge on any atom is -0.508 e. The second-order valence-corrected chi connectivity index (χ2v) is 9.35. The van der Waals surface area contributed by atoms with E-state index in [2.05, 4.69) is 10.6 Å². The Bertz CT molecular complexity index is 1340. The fraction of sp³-hybridized carbons (Fsp3) is 0.345. The summed E-state index contributed by atoms with van der Waals surface area (Å²) in [5.74, 6) is -2.25. The summed E-state index contributed by atoms with van der Waals surface area (Å²) in [7, 11) is 2.41. The van der Waals surface area contributed by atoms with Gasteiger partial charge < -0.3 is 30.0 Å². The average molecular weight is 568 g/mol. The SMILES string of the molecule is COC(=O)C1=C(C)NC(C)=C(C(=O)OC)C1c1cc([N+](=O)[O-])ccc1OCCCCNC(=O)Cc1ccc(O)cc1. The zero-order valence-electron chi connectivity index (χ0n) is 23.3. The number of dihydropyridines is 1. The van der Waals surface area contributed by atoms with Crippen LogP contribution in [0.1, 0.15) is 43.7 Å². The molecule has 0 atom stereocenters. The second kappa shape index (κ2) is 14.0. The van der Waals surface area contributed by atoms with Crippen LogP contribution in [0, 0.1) is 10.1 Å². The highest BCUT2D eigenvalue weighted by atomic mass is 16.6. The molecule has 0 unspecified atom stereocenters. The van der Waals surface area contributed by atoms with Gasteiger partial charge in [-0.05, 0) is 50.5 Å². The minimum absolute atomic E-state index is 0.0974. The number of unbranched alkanes of at least 4 members (excludes halogenated alkanes) is 1. The summed E-state index contributed by atoms with van der Waals surface area (Å²) in [6, 6.07) is 10.4. The van der Waals surface area contributed by atoms with Crippen LogP contribution in [0.15, 0.2) is 65.0 Å². The number of ether oxygens (including phenoxy) is 3. The molecule has 1 amide bonds. The molecule has 0 fully saturated rings. The third kappa shape index (κ3) is 7.62. The maximum atomic E-state index is 12.9. The topological polar surface area (TPSA) is 166 Å². The van der Waals surface area contributed by atoms with Crippen molar-refractivity contribution in [2.45, 2.75) is 39.0 Å². The van der Waals surface area contributed by atoms with Crippen LogP contribution < -0.4 is 15.4 Å². The summed E-state index contributed by atoms with van der Waals surface area (Å²) in [6.07, 6.45) is 1.32. The number of aromatic hydroxyl groups is 1. The number of nitrogens with zero attached hydrogens (tertiary/aromatic N) is 1. The molecular weight excluding hydrogens is 534 g/mol. The lowest BCUT2D eigenvalue weighted by Gasteiger charge is -2.30. The smallest absolute Gasteiger partial charge is 0.336 e. The van der Waals surface area contributed by atoms with Crippen LogP contribution >= 0.6 is 0 Å². The molecule has 1 aliphatic heterocycles. The predicted molar refractivity (Wildman–Crippen MR) is 148 cm³/mol. The normalized spacial score (nSPS) is 13.4. The maximum Gasteiger partial charge on any atom is 0.336 e. The van der Waals surface area contributed by atoms with E-state index in [-0.39, 0.29) is 52.8 Å². The zero-order chi connectivity index (χ0) is 30.1. The van der Waals surface area contributed by atoms with E-state index in [1.54, 1.807) is 26.0 Å². The molecule has 0 aromatic heterocycles. The number of rotatable bonds is 12. The number of hydrogen-bond acceptors (Lipinski definition) is 10. The molecular formula is C29H33N3O9. The highest BCUT2D eigenvalue weighted by Gasteiger charge is 2.39. The molecule has 218 valence electrons. The Hall–Kier alpha value is -4.87. The van der Waals surface area contributed by atoms with Crippen molar-refractivity contribution >= 4 is 23.5 Å². The fourth-order valence-electron chi connectivity index (χ4n) is 4.57. The summed E-state index contributed by atoms with van der Waals surface area (Å²) in [5, 5.41) is 26.8. The molecule has 0 aliphatic carbocycles. The molecule has 2 aromatic rings. The van der Waals surface area contributed by atoms with Gasteiger partial charge in [0.1, 0.15) is 11.5 Å². The number of esters is 2. The van der Waals surface area contributed by atoms with Gasteiger partial charge in [-0.2, -0.15) is 0 Å². The van der Waals surface area contributed by atoms with E-state index in [1.165, 1.54) is 44.6 Å². The molecule has 3 N–H and O–H groups in total. The number of nitro benzene ring substituents is 1. The molecule has 0 spiro atoms. The number of non-ortho nitro benzene ring substituents is 1. The van der Waals surface area contributed by atoms with Gasteiger partial charge in [-0.3, -0.25) is 14.9 Å². The Morgan fingerprint density at radius 3 is 2.15 bits per heavy atom. The molecule has 0 radical (unpaired) electrons. The standard InChI is InChI=1S/C29H33N3O9/c1-17-25(28(35)39-3)27(26(18(2)31-17)29(36)40-4)22-16-20(32(37)38)9-12-23(22)41-14-6-5-13-30-24(34)15-19-7-10-21(33)11-8-19/h7-12,16,27,31,33H,5-6,13-15H2,1-4H3,(H,30,34). The van der Waals surface area contributed by atoms with Gasteiger partial charge in [-0.1, -0.05) is 12.1 Å². The number of methoxy groups -OCH3 is 2. The van der Waals surface area contributed by atoms with Gasteiger partial charge in [0.05, 0.1) is 49.2 Å². The predicted octanol–water partition coefficient (Wildman–Crippen LogP) is 3.40. The fourth-order valence-corrected chi connectivity index (χ4v) is 4.57. The van der Waals surface area contributed by atoms with E-state index in [0.29, 0.717) is 30.8 Å². The summed E-state index contributed by atoms with van der Waals surface area (Å²) < 4.78 is 16.0. The zero-order valence-corrected chi connectivity index (χ0v) is 23.3. The summed E-state index contributed by atoms with van der Waals surface area (Å²) in [6.45, 7) is 3.90. The molecule has 41 heavy (non-hydrogen) atoms. The quantitative estimate of drug-likeness (QED) is 0.150. The van der Waals surface area contributed by atoms with Crippen molar-refractivity contribution in [2.24, 2.45) is 0 Å². The van der Waals surface area contributed by atoms with Gasteiger partial charge >= 0.3 is 11.9 Å². The molecule has 12 nitrogen and oxygen atoms in total. The molecule has 1 aliphatic rings. The number of nitro groups is 1. The number of phenolic OH excluding ortho intramolecular Hbond substituents is 1. The average Bonchev–Trinajstić information content (AvgIpc) is 2.94. The largest absolute Gasteiger partial charge is 0.508 e. The van der Waals surface area contributed by atoms with Crippen molar-refractivity contribution in [1.82, 2.24) is 10.6 Å². The number of hydrogen-bond donors (Lipinski definition) is 3. The van der Waals surface area contributed by atoms with Gasteiger partial charge in [0.25, 0.3) is 5.69 Å². The van der Waals surface area contributed by atoms with E-state index in [0.717, 1.165) is 5.56 Å². The molecule has 12 heteroatoms. The van der Waals surface area contributed by atoms with Crippen LogP contribution in [0.2, 0.25) is 0 Å². The Balaban J connectivity index is 1.77. The lowest BCUT2D eigenvalue weighted by atomic mass is 9.80. The monoisotopic (exact) mass is 567 g/mol. The van der Waals surface area contributed by atoms with Gasteiger partial charge in [-0.25, -0.2) is 9.59 Å². The highest BCUT2D eigenvalue weighted by molar-refractivity contribution is 6.00. The molecule has 0 saturated heterocycles. The lowest BCUT2D eigenvalue weighted by Crippen LogP contribution is -2.32. The van der Waals surface area contributed by atoms with Crippen molar-refractivity contribution in [3.8, 4) is 11.5 Å². The van der Waals surface area contributed by atoms with Crippen LogP contribution in [0.4, 0.5) is 5.69 Å². The Morgan fingerprint density at radius 1 is 0.976 bits per heavy atom. The molecule has 3 rings (SSSR count). The van der Waals surface area contributed by atoms with E-state index >= 15 is 0 Å². The minimum atomic E-state index is -1.05. The van der Waals surface area contributed by atoms with Crippen molar-refractivity contribution < 1.29 is 38.6 Å². The first kappa shape index (κ1) is 30.7. The van der Waals surface area contributed by atoms with Crippen LogP contribution in [-0.4, -0.2) is 55.2 Å². The van der Waals surface area contributed by atoms with Gasteiger partial charge in [-0.15, -0.1) is 0 Å². The van der Waals surface area contributed by atoms with Gasteiger partial charge in [0.15, 0.2) is 0 Å². The van der Waals surface area contributed by atoms with E-state index in [9.17, 15) is 29.6 Å². The summed E-state index contributed by atoms with van der Waals surface area (Å²) in [4.78, 5) is 49.0. The number of phenols is 1. The van der Waals surface area contributed by atoms with Gasteiger partial charge in [0.2, 0.25) is 5.91 Å². The number of allylic oxidation sites excluding steroid dienone is 2. The maximum absolute atomic E-state index is 12.9. The van der Waals surface area contributed by atoms with E-state index < -0.39 is 22.8 Å². The highest BCUT2D eigenvalue weighted by Crippen LogP contribution is 2.44. The summed E-state index contributed by atoms with van der Waals surface area (Å²) in [5.41, 5.74) is 1.81. The van der Waals surface area contributed by atoms with Crippen molar-refractivity contribution in [1.29, 1.82) is 0 Å². The van der Waals surface area contributed by atoms with Crippen LogP contribution in [0.5, 0.6) is 11.5 Å². The first-order chi connectivity index (χ1) is 19.6. The number of carbonyl (C=O) groups excluding carboxylic acids is 3. The lowest BCUT2D eigenvalue weighted by molar-refractivity contribution is -0.384. The van der Waals surface area contributed by atoms with Crippen molar-refractivity contribution in [2.75, 3.05) is 27.4 Å². The number of carbonyl (C=O) groups is 3.